The molecule has 2 atom stereocenters. The third-order valence-electron chi connectivity index (χ3n) is 5.58. The van der Waals surface area contributed by atoms with Gasteiger partial charge in [-0.05, 0) is 30.5 Å². The van der Waals surface area contributed by atoms with Gasteiger partial charge in [-0.1, -0.05) is 36.4 Å². The van der Waals surface area contributed by atoms with Crippen molar-refractivity contribution in [2.24, 2.45) is 0 Å². The summed E-state index contributed by atoms with van der Waals surface area (Å²) in [4.78, 5) is 25.9. The van der Waals surface area contributed by atoms with Crippen molar-refractivity contribution >= 4 is 28.3 Å². The first-order valence-corrected chi connectivity index (χ1v) is 9.77. The summed E-state index contributed by atoms with van der Waals surface area (Å²) in [6, 6.07) is 16.2. The number of quaternary nitrogens is 1. The predicted molar refractivity (Wildman–Crippen MR) is 109 cm³/mol. The number of Topliss-reactive ketones (excluding diaryl/α,β-unsaturated/α-hetero) is 1. The van der Waals surface area contributed by atoms with E-state index >= 15 is 0 Å². The molecule has 2 aromatic carbocycles. The summed E-state index contributed by atoms with van der Waals surface area (Å²) < 4.78 is 5.66. The fourth-order valence-electron chi connectivity index (χ4n) is 4.24. The molecular weight excluding hydrogens is 352 g/mol. The lowest BCUT2D eigenvalue weighted by Gasteiger charge is -2.30. The van der Waals surface area contributed by atoms with Gasteiger partial charge in [0.1, 0.15) is 11.6 Å². The Balaban J connectivity index is 1.54. The average Bonchev–Trinajstić information content (AvgIpc) is 3.06. The zero-order valence-corrected chi connectivity index (χ0v) is 16.2. The third kappa shape index (κ3) is 3.45. The lowest BCUT2D eigenvalue weighted by Crippen LogP contribution is -3.10. The first-order valence-electron chi connectivity index (χ1n) is 9.77. The van der Waals surface area contributed by atoms with E-state index in [-0.39, 0.29) is 17.5 Å². The topological polar surface area (TPSA) is 63.8 Å². The summed E-state index contributed by atoms with van der Waals surface area (Å²) >= 11 is 0. The Morgan fingerprint density at radius 2 is 1.89 bits per heavy atom. The fourth-order valence-corrected chi connectivity index (χ4v) is 4.24. The molecule has 2 N–H and O–H groups in total. The second-order valence-electron chi connectivity index (χ2n) is 7.57. The van der Waals surface area contributed by atoms with Crippen LogP contribution in [0.15, 0.2) is 52.9 Å². The number of anilines is 1. The SMILES string of the molecule is CC(=O)c1oc2ccccc2c1NC(=O)C[NH+](C)[C@H]1CCCc2ccccc21. The molecule has 0 saturated carbocycles. The van der Waals surface area contributed by atoms with Crippen LogP contribution in [0.5, 0.6) is 0 Å². The van der Waals surface area contributed by atoms with E-state index < -0.39 is 0 Å². The van der Waals surface area contributed by atoms with E-state index in [1.165, 1.54) is 18.1 Å². The monoisotopic (exact) mass is 377 g/mol. The molecule has 3 aromatic rings. The lowest BCUT2D eigenvalue weighted by atomic mass is 9.87. The maximum Gasteiger partial charge on any atom is 0.279 e. The van der Waals surface area contributed by atoms with Crippen LogP contribution in [0.1, 0.15) is 47.5 Å². The molecule has 0 saturated heterocycles. The molecule has 1 aromatic heterocycles. The molecule has 1 unspecified atom stereocenters. The predicted octanol–water partition coefficient (Wildman–Crippen LogP) is 3.17. The third-order valence-corrected chi connectivity index (χ3v) is 5.58. The van der Waals surface area contributed by atoms with Gasteiger partial charge in [-0.15, -0.1) is 0 Å². The quantitative estimate of drug-likeness (QED) is 0.672. The highest BCUT2D eigenvalue weighted by Crippen LogP contribution is 2.31. The zero-order valence-electron chi connectivity index (χ0n) is 16.2. The Kier molecular flexibility index (Phi) is 5.01. The van der Waals surface area contributed by atoms with Crippen LogP contribution in [0.25, 0.3) is 11.0 Å². The van der Waals surface area contributed by atoms with Gasteiger partial charge >= 0.3 is 0 Å². The maximum atomic E-state index is 12.8. The van der Waals surface area contributed by atoms with Crippen molar-refractivity contribution in [3.63, 3.8) is 0 Å². The van der Waals surface area contributed by atoms with Crippen LogP contribution >= 0.6 is 0 Å². The van der Waals surface area contributed by atoms with Gasteiger partial charge < -0.3 is 14.6 Å². The Hall–Kier alpha value is -2.92. The van der Waals surface area contributed by atoms with Gasteiger partial charge in [0, 0.05) is 24.3 Å². The molecule has 1 heterocycles. The number of carbonyl (C=O) groups excluding carboxylic acids is 2. The molecule has 0 bridgehead atoms. The van der Waals surface area contributed by atoms with Crippen LogP contribution in [0.3, 0.4) is 0 Å². The van der Waals surface area contributed by atoms with Crippen molar-refractivity contribution < 1.29 is 18.9 Å². The van der Waals surface area contributed by atoms with Gasteiger partial charge in [0.15, 0.2) is 18.1 Å². The fraction of sp³-hybridized carbons (Fsp3) is 0.304. The minimum atomic E-state index is -0.201. The Morgan fingerprint density at radius 3 is 2.71 bits per heavy atom. The lowest BCUT2D eigenvalue weighted by molar-refractivity contribution is -0.905. The first-order chi connectivity index (χ1) is 13.5. The number of rotatable bonds is 5. The molecule has 0 radical (unpaired) electrons. The number of fused-ring (bicyclic) bond motifs is 2. The standard InChI is InChI=1S/C23H24N2O3/c1-15(26)23-22(18-11-5-6-13-20(18)28-23)24-21(27)14-25(2)19-12-7-9-16-8-3-4-10-17(16)19/h3-6,8,10-11,13,19H,7,9,12,14H2,1-2H3,(H,24,27)/p+1/t19-/m0/s1. The van der Waals surface area contributed by atoms with Gasteiger partial charge in [0.05, 0.1) is 12.7 Å². The smallest absolute Gasteiger partial charge is 0.279 e. The Bertz CT molecular complexity index is 1040. The minimum absolute atomic E-state index is 0.116. The number of benzene rings is 2. The van der Waals surface area contributed by atoms with Crippen LogP contribution in [-0.2, 0) is 11.2 Å². The second-order valence-corrected chi connectivity index (χ2v) is 7.57. The maximum absolute atomic E-state index is 12.8. The molecule has 144 valence electrons. The molecule has 1 aliphatic carbocycles. The van der Waals surface area contributed by atoms with Gasteiger partial charge in [-0.2, -0.15) is 0 Å². The number of aryl methyl sites for hydroxylation is 1. The number of para-hydroxylation sites is 1. The van der Waals surface area contributed by atoms with Crippen LogP contribution in [-0.4, -0.2) is 25.3 Å². The number of ketones is 1. The summed E-state index contributed by atoms with van der Waals surface area (Å²) in [6.45, 7) is 1.78. The molecule has 4 rings (SSSR count). The number of furan rings is 1. The highest BCUT2D eigenvalue weighted by Gasteiger charge is 2.28. The van der Waals surface area contributed by atoms with Gasteiger partial charge in [-0.25, -0.2) is 0 Å². The first kappa shape index (κ1) is 18.4. The van der Waals surface area contributed by atoms with E-state index in [4.69, 9.17) is 4.42 Å². The van der Waals surface area contributed by atoms with E-state index in [9.17, 15) is 9.59 Å². The number of hydrogen-bond donors (Lipinski definition) is 2. The molecule has 0 fully saturated rings. The van der Waals surface area contributed by atoms with E-state index in [0.29, 0.717) is 23.9 Å². The summed E-state index contributed by atoms with van der Waals surface area (Å²) in [6.07, 6.45) is 3.32. The molecule has 28 heavy (non-hydrogen) atoms. The van der Waals surface area contributed by atoms with Crippen molar-refractivity contribution in [3.8, 4) is 0 Å². The number of hydrogen-bond acceptors (Lipinski definition) is 3. The molecule has 1 aliphatic rings. The number of amides is 1. The number of likely N-dealkylation sites (N-methyl/N-ethyl adjacent to an activating group) is 1. The number of carbonyl (C=O) groups is 2. The molecule has 0 aliphatic heterocycles. The average molecular weight is 377 g/mol. The number of nitrogens with one attached hydrogen (secondary N) is 2. The van der Waals surface area contributed by atoms with Gasteiger partial charge in [-0.3, -0.25) is 9.59 Å². The normalized spacial score (nSPS) is 17.1. The Morgan fingerprint density at radius 1 is 1.14 bits per heavy atom. The minimum Gasteiger partial charge on any atom is -0.451 e. The summed E-state index contributed by atoms with van der Waals surface area (Å²) in [5.41, 5.74) is 3.81. The molecule has 0 spiro atoms. The van der Waals surface area contributed by atoms with Crippen molar-refractivity contribution in [3.05, 3.63) is 65.4 Å². The molecular formula is C23H25N2O3+. The van der Waals surface area contributed by atoms with Crippen molar-refractivity contribution in [1.29, 1.82) is 0 Å². The highest BCUT2D eigenvalue weighted by atomic mass is 16.3. The van der Waals surface area contributed by atoms with Crippen LogP contribution < -0.4 is 10.2 Å². The largest absolute Gasteiger partial charge is 0.451 e. The van der Waals surface area contributed by atoms with Crippen molar-refractivity contribution in [2.45, 2.75) is 32.2 Å². The second kappa shape index (κ2) is 7.60. The van der Waals surface area contributed by atoms with Crippen LogP contribution in [0.2, 0.25) is 0 Å². The van der Waals surface area contributed by atoms with Crippen molar-refractivity contribution in [1.82, 2.24) is 0 Å². The van der Waals surface area contributed by atoms with E-state index in [1.54, 1.807) is 6.07 Å². The van der Waals surface area contributed by atoms with E-state index in [1.807, 2.05) is 18.2 Å². The van der Waals surface area contributed by atoms with E-state index in [0.717, 1.165) is 29.5 Å². The molecule has 5 nitrogen and oxygen atoms in total. The van der Waals surface area contributed by atoms with Gasteiger partial charge in [0.2, 0.25) is 0 Å². The summed E-state index contributed by atoms with van der Waals surface area (Å²) in [5, 5.41) is 3.69. The summed E-state index contributed by atoms with van der Waals surface area (Å²) in [7, 11) is 2.06. The zero-order chi connectivity index (χ0) is 19.7. The van der Waals surface area contributed by atoms with Crippen LogP contribution in [0.4, 0.5) is 5.69 Å². The van der Waals surface area contributed by atoms with Gasteiger partial charge in [0.25, 0.3) is 5.91 Å². The van der Waals surface area contributed by atoms with E-state index in [2.05, 4.69) is 36.6 Å². The van der Waals surface area contributed by atoms with Crippen molar-refractivity contribution in [2.75, 3.05) is 18.9 Å². The summed E-state index contributed by atoms with van der Waals surface area (Å²) in [5.74, 6) is -0.113. The Labute approximate surface area is 164 Å². The molecule has 1 amide bonds. The highest BCUT2D eigenvalue weighted by molar-refractivity contribution is 6.10. The van der Waals surface area contributed by atoms with Crippen LogP contribution in [0, 0.1) is 0 Å². The molecule has 5 heteroatoms.